The van der Waals surface area contributed by atoms with Crippen LogP contribution < -0.4 is 16.0 Å². The van der Waals surface area contributed by atoms with Crippen LogP contribution in [0.2, 0.25) is 10.0 Å². The van der Waals surface area contributed by atoms with Crippen molar-refractivity contribution in [1.82, 2.24) is 0 Å². The van der Waals surface area contributed by atoms with Crippen molar-refractivity contribution < 1.29 is 4.79 Å². The molecule has 0 radical (unpaired) electrons. The van der Waals surface area contributed by atoms with Crippen molar-refractivity contribution >= 4 is 58.1 Å². The maximum atomic E-state index is 12.5. The molecule has 0 saturated heterocycles. The van der Waals surface area contributed by atoms with Gasteiger partial charge in [0.2, 0.25) is 0 Å². The average molecular weight is 427 g/mol. The van der Waals surface area contributed by atoms with Crippen LogP contribution in [-0.2, 0) is 0 Å². The van der Waals surface area contributed by atoms with Crippen LogP contribution in [0.5, 0.6) is 0 Å². The highest BCUT2D eigenvalue weighted by Gasteiger charge is 2.14. The number of halogens is 2. The van der Waals surface area contributed by atoms with Crippen LogP contribution in [0.1, 0.15) is 15.9 Å². The van der Waals surface area contributed by atoms with Gasteiger partial charge in [-0.1, -0.05) is 41.4 Å². The molecule has 0 aliphatic carbocycles. The molecule has 29 heavy (non-hydrogen) atoms. The van der Waals surface area contributed by atoms with Crippen molar-refractivity contribution in [2.24, 2.45) is 4.99 Å². The third-order valence-electron chi connectivity index (χ3n) is 4.27. The van der Waals surface area contributed by atoms with Crippen LogP contribution in [0, 0.1) is 0 Å². The molecular formula is C22H20Cl2N4O. The molecule has 0 spiro atoms. The summed E-state index contributed by atoms with van der Waals surface area (Å²) in [4.78, 5) is 17.0. The Kier molecular flexibility index (Phi) is 6.75. The number of amides is 1. The van der Waals surface area contributed by atoms with Gasteiger partial charge in [0.15, 0.2) is 0 Å². The van der Waals surface area contributed by atoms with Gasteiger partial charge in [0, 0.05) is 31.7 Å². The van der Waals surface area contributed by atoms with Gasteiger partial charge in [-0.05, 0) is 48.0 Å². The summed E-state index contributed by atoms with van der Waals surface area (Å²) in [6.45, 7) is 0. The van der Waals surface area contributed by atoms with Gasteiger partial charge >= 0.3 is 0 Å². The second kappa shape index (κ2) is 9.45. The summed E-state index contributed by atoms with van der Waals surface area (Å²) in [5.74, 6) is -0.357. The molecule has 0 aromatic heterocycles. The Hall–Kier alpha value is -3.02. The summed E-state index contributed by atoms with van der Waals surface area (Å²) in [5.41, 5.74) is 4.52. The third-order valence-corrected chi connectivity index (χ3v) is 4.90. The van der Waals surface area contributed by atoms with Gasteiger partial charge in [0.25, 0.3) is 5.91 Å². The van der Waals surface area contributed by atoms with Crippen LogP contribution >= 0.6 is 23.2 Å². The number of aliphatic imine (C=N–C) groups is 1. The van der Waals surface area contributed by atoms with Gasteiger partial charge < -0.3 is 16.0 Å². The molecule has 3 aromatic rings. The van der Waals surface area contributed by atoms with Crippen molar-refractivity contribution in [2.75, 3.05) is 30.0 Å². The first-order valence-electron chi connectivity index (χ1n) is 8.91. The molecule has 3 aromatic carbocycles. The molecule has 0 bridgehead atoms. The number of carbonyl (C=O) groups excluding carboxylic acids is 1. The lowest BCUT2D eigenvalue weighted by Gasteiger charge is -2.09. The fourth-order valence-corrected chi connectivity index (χ4v) is 3.28. The van der Waals surface area contributed by atoms with Gasteiger partial charge in [-0.25, -0.2) is 0 Å². The molecular weight excluding hydrogens is 407 g/mol. The van der Waals surface area contributed by atoms with E-state index in [-0.39, 0.29) is 11.5 Å². The summed E-state index contributed by atoms with van der Waals surface area (Å²) >= 11 is 12.2. The largest absolute Gasteiger partial charge is 0.388 e. The van der Waals surface area contributed by atoms with E-state index in [0.29, 0.717) is 15.7 Å². The Morgan fingerprint density at radius 2 is 1.55 bits per heavy atom. The number of carbonyl (C=O) groups is 1. The lowest BCUT2D eigenvalue weighted by Crippen LogP contribution is -2.13. The number of nitrogens with one attached hydrogen (secondary N) is 3. The molecule has 0 saturated carbocycles. The molecule has 0 aliphatic rings. The van der Waals surface area contributed by atoms with Crippen molar-refractivity contribution in [1.29, 1.82) is 0 Å². The molecule has 0 heterocycles. The van der Waals surface area contributed by atoms with Gasteiger partial charge in [-0.3, -0.25) is 9.79 Å². The van der Waals surface area contributed by atoms with Crippen molar-refractivity contribution in [2.45, 2.75) is 0 Å². The summed E-state index contributed by atoms with van der Waals surface area (Å²) in [5, 5.41) is 9.65. The Bertz CT molecular complexity index is 1030. The number of benzene rings is 3. The van der Waals surface area contributed by atoms with E-state index in [9.17, 15) is 4.79 Å². The normalized spacial score (nSPS) is 10.8. The zero-order valence-electron chi connectivity index (χ0n) is 16.0. The zero-order chi connectivity index (χ0) is 20.8. The molecule has 7 heteroatoms. The first kappa shape index (κ1) is 20.7. The molecule has 3 rings (SSSR count). The van der Waals surface area contributed by atoms with Gasteiger partial charge in [0.05, 0.1) is 27.0 Å². The van der Waals surface area contributed by atoms with E-state index in [4.69, 9.17) is 23.2 Å². The standard InChI is InChI=1S/C22H20Cl2N4O/c1-25-16-10-11-19(26-2)20(12-16)27-13-14-6-8-15(9-7-14)28-22(29)21-17(23)4-3-5-18(21)24/h3-13,25-26H,1-2H3,(H,28,29). The molecule has 3 N–H and O–H groups in total. The van der Waals surface area contributed by atoms with Crippen LogP contribution in [0.15, 0.2) is 65.7 Å². The van der Waals surface area contributed by atoms with Crippen molar-refractivity contribution in [3.8, 4) is 0 Å². The summed E-state index contributed by atoms with van der Waals surface area (Å²) < 4.78 is 0. The van der Waals surface area contributed by atoms with E-state index in [1.54, 1.807) is 36.5 Å². The van der Waals surface area contributed by atoms with Crippen LogP contribution in [0.25, 0.3) is 0 Å². The number of hydrogen-bond donors (Lipinski definition) is 3. The quantitative estimate of drug-likeness (QED) is 0.418. The number of anilines is 3. The fourth-order valence-electron chi connectivity index (χ4n) is 2.71. The Labute approximate surface area is 179 Å². The highest BCUT2D eigenvalue weighted by atomic mass is 35.5. The number of nitrogens with zero attached hydrogens (tertiary/aromatic N) is 1. The molecule has 0 atom stereocenters. The van der Waals surface area contributed by atoms with Crippen molar-refractivity contribution in [3.05, 3.63) is 81.8 Å². The molecule has 0 aliphatic heterocycles. The van der Waals surface area contributed by atoms with E-state index in [1.165, 1.54) is 0 Å². The highest BCUT2D eigenvalue weighted by molar-refractivity contribution is 6.40. The lowest BCUT2D eigenvalue weighted by molar-refractivity contribution is 0.102. The molecule has 5 nitrogen and oxygen atoms in total. The maximum absolute atomic E-state index is 12.5. The fraction of sp³-hybridized carbons (Fsp3) is 0.0909. The smallest absolute Gasteiger partial charge is 0.258 e. The molecule has 0 unspecified atom stereocenters. The Morgan fingerprint density at radius 3 is 2.17 bits per heavy atom. The second-order valence-electron chi connectivity index (χ2n) is 6.16. The first-order chi connectivity index (χ1) is 14.0. The third kappa shape index (κ3) is 5.08. The van der Waals surface area contributed by atoms with Crippen LogP contribution in [0.3, 0.4) is 0 Å². The monoisotopic (exact) mass is 426 g/mol. The molecule has 1 amide bonds. The van der Waals surface area contributed by atoms with Gasteiger partial charge in [0.1, 0.15) is 0 Å². The van der Waals surface area contributed by atoms with E-state index in [2.05, 4.69) is 20.9 Å². The Morgan fingerprint density at radius 1 is 0.897 bits per heavy atom. The second-order valence-corrected chi connectivity index (χ2v) is 6.98. The number of hydrogen-bond acceptors (Lipinski definition) is 4. The van der Waals surface area contributed by atoms with E-state index >= 15 is 0 Å². The van der Waals surface area contributed by atoms with Gasteiger partial charge in [-0.2, -0.15) is 0 Å². The molecule has 0 fully saturated rings. The topological polar surface area (TPSA) is 65.5 Å². The van der Waals surface area contributed by atoms with Crippen LogP contribution in [-0.4, -0.2) is 26.2 Å². The zero-order valence-corrected chi connectivity index (χ0v) is 17.5. The van der Waals surface area contributed by atoms with E-state index in [1.807, 2.05) is 44.4 Å². The average Bonchev–Trinajstić information content (AvgIpc) is 2.73. The SMILES string of the molecule is CNc1ccc(NC)c(N=Cc2ccc(NC(=O)c3c(Cl)cccc3Cl)cc2)c1. The maximum Gasteiger partial charge on any atom is 0.258 e. The first-order valence-corrected chi connectivity index (χ1v) is 9.66. The predicted octanol–water partition coefficient (Wildman–Crippen LogP) is 6.08. The minimum atomic E-state index is -0.357. The molecule has 148 valence electrons. The summed E-state index contributed by atoms with van der Waals surface area (Å²) in [6, 6.07) is 18.2. The summed E-state index contributed by atoms with van der Waals surface area (Å²) in [6.07, 6.45) is 1.77. The lowest BCUT2D eigenvalue weighted by atomic mass is 10.2. The van der Waals surface area contributed by atoms with E-state index in [0.717, 1.165) is 22.6 Å². The number of rotatable bonds is 6. The minimum absolute atomic E-state index is 0.255. The van der Waals surface area contributed by atoms with Gasteiger partial charge in [-0.15, -0.1) is 0 Å². The predicted molar refractivity (Wildman–Crippen MR) is 124 cm³/mol. The Balaban J connectivity index is 1.74. The highest BCUT2D eigenvalue weighted by Crippen LogP contribution is 2.28. The van der Waals surface area contributed by atoms with Crippen LogP contribution in [0.4, 0.5) is 22.7 Å². The van der Waals surface area contributed by atoms with E-state index < -0.39 is 0 Å². The van der Waals surface area contributed by atoms with Crippen molar-refractivity contribution in [3.63, 3.8) is 0 Å². The minimum Gasteiger partial charge on any atom is -0.388 e. The summed E-state index contributed by atoms with van der Waals surface area (Å²) in [7, 11) is 3.72.